The molecule has 0 aromatic carbocycles. The summed E-state index contributed by atoms with van der Waals surface area (Å²) < 4.78 is 2.03. The molecule has 0 rings (SSSR count). The van der Waals surface area contributed by atoms with E-state index in [9.17, 15) is 0 Å². The highest BCUT2D eigenvalue weighted by atomic mass is 32.1. The summed E-state index contributed by atoms with van der Waals surface area (Å²) in [4.78, 5) is 0. The lowest BCUT2D eigenvalue weighted by Gasteiger charge is -2.23. The molecule has 0 fully saturated rings. The normalized spacial score (nSPS) is 8.00. The molecule has 0 saturated heterocycles. The van der Waals surface area contributed by atoms with E-state index < -0.39 is 10.3 Å². The van der Waals surface area contributed by atoms with Gasteiger partial charge in [-0.2, -0.15) is 0 Å². The molecule has 0 aromatic rings. The van der Waals surface area contributed by atoms with Crippen molar-refractivity contribution in [2.24, 2.45) is 11.5 Å². The van der Waals surface area contributed by atoms with Crippen LogP contribution in [0.4, 0.5) is 0 Å². The number of rotatable bonds is 2. The van der Waals surface area contributed by atoms with Crippen LogP contribution in [0.3, 0.4) is 0 Å². The van der Waals surface area contributed by atoms with Crippen molar-refractivity contribution in [3.05, 3.63) is 0 Å². The number of aliphatic hydroxyl groups is 2. The highest BCUT2D eigenvalue weighted by Gasteiger charge is 2.06. The van der Waals surface area contributed by atoms with Crippen LogP contribution in [0.25, 0.3) is 0 Å². The van der Waals surface area contributed by atoms with Crippen LogP contribution in [0.2, 0.25) is 0 Å². The minimum absolute atomic E-state index is 0. The van der Waals surface area contributed by atoms with Crippen molar-refractivity contribution in [3.8, 4) is 0 Å². The summed E-state index contributed by atoms with van der Waals surface area (Å²) in [6.07, 6.45) is 0. The zero-order valence-corrected chi connectivity index (χ0v) is 12.4. The van der Waals surface area contributed by atoms with Gasteiger partial charge in [-0.25, -0.2) is 4.31 Å². The number of thiol groups is 1. The van der Waals surface area contributed by atoms with E-state index in [4.69, 9.17) is 10.2 Å². The maximum absolute atomic E-state index is 7.56. The van der Waals surface area contributed by atoms with Crippen LogP contribution in [0.1, 0.15) is 42.5 Å². The van der Waals surface area contributed by atoms with Crippen LogP contribution in [-0.4, -0.2) is 37.0 Å². The second-order valence-electron chi connectivity index (χ2n) is 3.24. The van der Waals surface area contributed by atoms with Gasteiger partial charge in [0.2, 0.25) is 0 Å². The summed E-state index contributed by atoms with van der Waals surface area (Å²) in [6.45, 7) is 8.53. The molecule has 18 heavy (non-hydrogen) atoms. The Morgan fingerprint density at radius 1 is 0.944 bits per heavy atom. The molecule has 8 heteroatoms. The monoisotopic (exact) mass is 319 g/mol. The molecule has 114 valence electrons. The zero-order chi connectivity index (χ0) is 13.9. The van der Waals surface area contributed by atoms with Crippen LogP contribution >= 0.6 is 37.3 Å². The molecule has 0 saturated carbocycles. The molecule has 0 unspecified atom stereocenters. The van der Waals surface area contributed by atoms with Crippen LogP contribution in [0.5, 0.6) is 0 Å². The Morgan fingerprint density at radius 3 is 1.06 bits per heavy atom. The van der Waals surface area contributed by atoms with Crippen molar-refractivity contribution in [1.29, 1.82) is 0 Å². The van der Waals surface area contributed by atoms with Gasteiger partial charge < -0.3 is 21.7 Å². The molecule has 0 bridgehead atoms. The van der Waals surface area contributed by atoms with Gasteiger partial charge in [-0.3, -0.25) is 0 Å². The first-order chi connectivity index (χ1) is 7.02. The quantitative estimate of drug-likeness (QED) is 0.394. The van der Waals surface area contributed by atoms with Gasteiger partial charge in [0.15, 0.2) is 0 Å². The number of nitrogens with two attached hydrogens (primary N) is 2. The van der Waals surface area contributed by atoms with E-state index in [0.717, 1.165) is 0 Å². The SMILES string of the molecule is C.C.CC(C)N(S)C(C)C.NC(O)=S.NC(O)=S. The van der Waals surface area contributed by atoms with Gasteiger partial charge in [0, 0.05) is 12.1 Å². The first-order valence-electron chi connectivity index (χ1n) is 4.46. The van der Waals surface area contributed by atoms with E-state index in [1.807, 2.05) is 4.31 Å². The van der Waals surface area contributed by atoms with Gasteiger partial charge >= 0.3 is 0 Å². The molecular formula is C10H29N3O2S3. The molecule has 0 aromatic heterocycles. The lowest BCUT2D eigenvalue weighted by Crippen LogP contribution is -2.27. The van der Waals surface area contributed by atoms with Gasteiger partial charge in [-0.1, -0.05) is 27.7 Å². The summed E-state index contributed by atoms with van der Waals surface area (Å²) in [5.74, 6) is 0. The van der Waals surface area contributed by atoms with Gasteiger partial charge in [0.25, 0.3) is 10.3 Å². The smallest absolute Gasteiger partial charge is 0.251 e. The number of thiocarbonyl (C=S) groups is 2. The average molecular weight is 320 g/mol. The molecule has 5 nitrogen and oxygen atoms in total. The maximum Gasteiger partial charge on any atom is 0.251 e. The summed E-state index contributed by atoms with van der Waals surface area (Å²) in [7, 11) is 0. The van der Waals surface area contributed by atoms with Crippen LogP contribution < -0.4 is 11.5 Å². The van der Waals surface area contributed by atoms with Crippen molar-refractivity contribution in [2.75, 3.05) is 0 Å². The lowest BCUT2D eigenvalue weighted by atomic mass is 10.3. The first-order valence-corrected chi connectivity index (χ1v) is 5.68. The summed E-state index contributed by atoms with van der Waals surface area (Å²) >= 11 is 12.0. The molecule has 0 aliphatic carbocycles. The third-order valence-corrected chi connectivity index (χ3v) is 1.98. The highest BCUT2D eigenvalue weighted by Crippen LogP contribution is 2.06. The average Bonchev–Trinajstić information content (AvgIpc) is 2.00. The molecule has 0 atom stereocenters. The minimum Gasteiger partial charge on any atom is -0.487 e. The topological polar surface area (TPSA) is 95.7 Å². The molecule has 0 aliphatic heterocycles. The summed E-state index contributed by atoms with van der Waals surface area (Å²) in [5, 5.41) is 14.1. The van der Waals surface area contributed by atoms with Gasteiger partial charge in [-0.05, 0) is 52.1 Å². The van der Waals surface area contributed by atoms with Crippen molar-refractivity contribution in [2.45, 2.75) is 54.6 Å². The molecule has 0 heterocycles. The van der Waals surface area contributed by atoms with Gasteiger partial charge in [-0.15, -0.1) is 0 Å². The zero-order valence-electron chi connectivity index (χ0n) is 9.91. The Bertz CT molecular complexity index is 175. The predicted molar refractivity (Wildman–Crippen MR) is 93.4 cm³/mol. The third kappa shape index (κ3) is 57.3. The predicted octanol–water partition coefficient (Wildman–Crippen LogP) is 2.80. The van der Waals surface area contributed by atoms with E-state index in [0.29, 0.717) is 12.1 Å². The maximum atomic E-state index is 7.56. The summed E-state index contributed by atoms with van der Waals surface area (Å²) in [6, 6.07) is 1.08. The van der Waals surface area contributed by atoms with Crippen molar-refractivity contribution in [3.63, 3.8) is 0 Å². The fourth-order valence-electron chi connectivity index (χ4n) is 0.596. The fourth-order valence-corrected chi connectivity index (χ4v) is 0.596. The van der Waals surface area contributed by atoms with E-state index in [1.165, 1.54) is 0 Å². The Labute approximate surface area is 128 Å². The van der Waals surface area contributed by atoms with Crippen LogP contribution in [0, 0.1) is 0 Å². The second kappa shape index (κ2) is 19.0. The Morgan fingerprint density at radius 2 is 1.06 bits per heavy atom. The number of hydrogen-bond donors (Lipinski definition) is 5. The molecule has 0 radical (unpaired) electrons. The van der Waals surface area contributed by atoms with E-state index in [-0.39, 0.29) is 14.9 Å². The lowest BCUT2D eigenvalue weighted by molar-refractivity contribution is 0.340. The first kappa shape index (κ1) is 30.6. The highest BCUT2D eigenvalue weighted by molar-refractivity contribution is 7.80. The van der Waals surface area contributed by atoms with Crippen molar-refractivity contribution < 1.29 is 10.2 Å². The van der Waals surface area contributed by atoms with Gasteiger partial charge in [0.05, 0.1) is 0 Å². The van der Waals surface area contributed by atoms with E-state index >= 15 is 0 Å². The Kier molecular flexibility index (Phi) is 32.4. The van der Waals surface area contributed by atoms with Crippen LogP contribution in [-0.2, 0) is 0 Å². The van der Waals surface area contributed by atoms with E-state index in [1.54, 1.807) is 0 Å². The molecule has 0 aliphatic rings. The standard InChI is InChI=1S/C6H15NS.2CH3NOS.2CH4/c1-5(2)7(8)6(3)4;2*2-1(3)4;;/h5-6,8H,1-4H3;2*(H3,2,3,4);2*1H4. The third-order valence-electron chi connectivity index (χ3n) is 1.06. The largest absolute Gasteiger partial charge is 0.487 e. The minimum atomic E-state index is -0.500. The van der Waals surface area contributed by atoms with Crippen molar-refractivity contribution in [1.82, 2.24) is 4.31 Å². The van der Waals surface area contributed by atoms with Crippen LogP contribution in [0.15, 0.2) is 0 Å². The molecule has 0 spiro atoms. The number of nitrogens with zero attached hydrogens (tertiary/aromatic N) is 1. The van der Waals surface area contributed by atoms with Gasteiger partial charge in [0.1, 0.15) is 0 Å². The summed E-state index contributed by atoms with van der Waals surface area (Å²) in [5.41, 5.74) is 8.80. The molecule has 0 amide bonds. The Balaban J connectivity index is -0.0000000489. The Hall–Kier alpha value is -0.310. The van der Waals surface area contributed by atoms with E-state index in [2.05, 4.69) is 76.4 Å². The number of hydrogen-bond acceptors (Lipinski definition) is 4. The fraction of sp³-hybridized carbons (Fsp3) is 0.800. The molecular weight excluding hydrogens is 290 g/mol. The molecule has 6 N–H and O–H groups in total. The second-order valence-corrected chi connectivity index (χ2v) is 4.54. The van der Waals surface area contributed by atoms with Crippen molar-refractivity contribution >= 4 is 47.6 Å². The number of aliphatic hydroxyl groups excluding tert-OH is 2.